The van der Waals surface area contributed by atoms with Gasteiger partial charge in [-0.05, 0) is 80.1 Å². The largest absolute Gasteiger partial charge is 0.466 e. The van der Waals surface area contributed by atoms with E-state index in [4.69, 9.17) is 23.7 Å². The Hall–Kier alpha value is -1.42. The lowest BCUT2D eigenvalue weighted by Gasteiger charge is -2.40. The Bertz CT molecular complexity index is 691. The summed E-state index contributed by atoms with van der Waals surface area (Å²) in [5, 5.41) is 0. The monoisotopic (exact) mass is 512 g/mol. The molecule has 1 unspecified atom stereocenters. The first kappa shape index (κ1) is 29.1. The summed E-state index contributed by atoms with van der Waals surface area (Å²) in [6, 6.07) is -0.106. The Morgan fingerprint density at radius 3 is 2.03 bits per heavy atom. The third-order valence-corrected chi connectivity index (χ3v) is 7.25. The molecule has 36 heavy (non-hydrogen) atoms. The van der Waals surface area contributed by atoms with E-state index in [1.165, 1.54) is 0 Å². The molecule has 3 rings (SSSR count). The Labute approximate surface area is 217 Å². The van der Waals surface area contributed by atoms with Crippen molar-refractivity contribution in [2.75, 3.05) is 39.5 Å². The predicted octanol–water partition coefficient (Wildman–Crippen LogP) is 3.98. The van der Waals surface area contributed by atoms with Crippen LogP contribution in [0.5, 0.6) is 0 Å². The molecule has 0 aromatic heterocycles. The molecule has 3 fully saturated rings. The summed E-state index contributed by atoms with van der Waals surface area (Å²) >= 11 is 0. The van der Waals surface area contributed by atoms with E-state index < -0.39 is 5.60 Å². The molecule has 1 amide bonds. The van der Waals surface area contributed by atoms with Crippen molar-refractivity contribution in [3.63, 3.8) is 0 Å². The second kappa shape index (κ2) is 13.4. The van der Waals surface area contributed by atoms with E-state index in [0.717, 1.165) is 38.5 Å². The average Bonchev–Trinajstić information content (AvgIpc) is 3.45. The van der Waals surface area contributed by atoms with Crippen molar-refractivity contribution in [1.29, 1.82) is 0 Å². The molecule has 2 saturated heterocycles. The van der Waals surface area contributed by atoms with Crippen molar-refractivity contribution in [2.24, 2.45) is 5.92 Å². The van der Waals surface area contributed by atoms with E-state index in [-0.39, 0.29) is 48.6 Å². The van der Waals surface area contributed by atoms with Crippen molar-refractivity contribution >= 4 is 12.1 Å². The van der Waals surface area contributed by atoms with Gasteiger partial charge < -0.3 is 28.6 Å². The molecule has 1 saturated carbocycles. The van der Waals surface area contributed by atoms with Gasteiger partial charge in [0.15, 0.2) is 0 Å². The SMILES string of the molecule is CCOC(=O)C1CCC(OC([C@@H]2CCCN2C(=O)OC(C)(C)C)N2C[C@H](OCC)[C@H](OCC)C2)CC1. The van der Waals surface area contributed by atoms with E-state index in [1.807, 2.05) is 46.4 Å². The molecule has 1 aliphatic carbocycles. The van der Waals surface area contributed by atoms with E-state index in [1.54, 1.807) is 0 Å². The molecule has 9 nitrogen and oxygen atoms in total. The Morgan fingerprint density at radius 1 is 0.889 bits per heavy atom. The fourth-order valence-corrected chi connectivity index (χ4v) is 5.68. The molecule has 208 valence electrons. The van der Waals surface area contributed by atoms with Crippen LogP contribution >= 0.6 is 0 Å². The van der Waals surface area contributed by atoms with Crippen LogP contribution in [-0.2, 0) is 28.5 Å². The molecule has 0 radical (unpaired) electrons. The molecule has 9 heteroatoms. The van der Waals surface area contributed by atoms with Crippen LogP contribution in [0, 0.1) is 5.92 Å². The number of amides is 1. The van der Waals surface area contributed by atoms with Crippen LogP contribution in [0.15, 0.2) is 0 Å². The minimum absolute atomic E-state index is 0.0263. The summed E-state index contributed by atoms with van der Waals surface area (Å²) < 4.78 is 29.9. The second-order valence-corrected chi connectivity index (χ2v) is 11.1. The second-order valence-electron chi connectivity index (χ2n) is 11.1. The molecule has 0 spiro atoms. The number of ether oxygens (including phenoxy) is 5. The van der Waals surface area contributed by atoms with Crippen LogP contribution in [0.2, 0.25) is 0 Å². The lowest BCUT2D eigenvalue weighted by Crippen LogP contribution is -2.54. The van der Waals surface area contributed by atoms with Crippen molar-refractivity contribution in [1.82, 2.24) is 9.80 Å². The third kappa shape index (κ3) is 7.79. The van der Waals surface area contributed by atoms with Crippen LogP contribution in [0.4, 0.5) is 4.79 Å². The van der Waals surface area contributed by atoms with Crippen LogP contribution in [-0.4, -0.2) is 97.5 Å². The summed E-state index contributed by atoms with van der Waals surface area (Å²) in [4.78, 5) is 29.5. The zero-order valence-electron chi connectivity index (χ0n) is 23.2. The number of hydrogen-bond donors (Lipinski definition) is 0. The molecule has 2 heterocycles. The number of carbonyl (C=O) groups excluding carboxylic acids is 2. The molecule has 0 N–H and O–H groups in total. The number of hydrogen-bond acceptors (Lipinski definition) is 8. The van der Waals surface area contributed by atoms with Crippen molar-refractivity contribution in [3.05, 3.63) is 0 Å². The zero-order chi connectivity index (χ0) is 26.3. The summed E-state index contributed by atoms with van der Waals surface area (Å²) in [5.74, 6) is -0.150. The average molecular weight is 513 g/mol. The van der Waals surface area contributed by atoms with Crippen LogP contribution in [0.3, 0.4) is 0 Å². The topological polar surface area (TPSA) is 86.8 Å². The van der Waals surface area contributed by atoms with Crippen LogP contribution in [0.1, 0.15) is 80.1 Å². The van der Waals surface area contributed by atoms with Gasteiger partial charge in [0, 0.05) is 32.8 Å². The number of carbonyl (C=O) groups is 2. The van der Waals surface area contributed by atoms with E-state index >= 15 is 0 Å². The summed E-state index contributed by atoms with van der Waals surface area (Å²) in [6.45, 7) is 15.2. The van der Waals surface area contributed by atoms with Crippen molar-refractivity contribution in [2.45, 2.75) is 116 Å². The van der Waals surface area contributed by atoms with Crippen LogP contribution in [0.25, 0.3) is 0 Å². The highest BCUT2D eigenvalue weighted by Crippen LogP contribution is 2.34. The first-order chi connectivity index (χ1) is 17.2. The Morgan fingerprint density at radius 2 is 1.50 bits per heavy atom. The van der Waals surface area contributed by atoms with Gasteiger partial charge >= 0.3 is 12.1 Å². The molecule has 0 bridgehead atoms. The van der Waals surface area contributed by atoms with Gasteiger partial charge in [-0.1, -0.05) is 0 Å². The standard InChI is InChI=1S/C27H48N2O7/c1-7-32-22-17-28(18-23(22)33-8-2)24(21-11-10-16-29(21)26(31)36-27(4,5)6)35-20-14-12-19(13-15-20)25(30)34-9-3/h19-24H,7-18H2,1-6H3/t19?,20?,21-,22-,23+,24?/m0/s1. The Balaban J connectivity index is 1.75. The number of rotatable bonds is 10. The van der Waals surface area contributed by atoms with Crippen molar-refractivity contribution < 1.29 is 33.3 Å². The Kier molecular flexibility index (Phi) is 10.8. The maximum Gasteiger partial charge on any atom is 0.410 e. The lowest BCUT2D eigenvalue weighted by atomic mass is 9.87. The van der Waals surface area contributed by atoms with Gasteiger partial charge in [-0.25, -0.2) is 4.79 Å². The summed E-state index contributed by atoms with van der Waals surface area (Å²) in [6.07, 6.45) is 4.30. The number of esters is 1. The maximum absolute atomic E-state index is 13.1. The first-order valence-corrected chi connectivity index (χ1v) is 14.0. The molecular weight excluding hydrogens is 464 g/mol. The van der Waals surface area contributed by atoms with Gasteiger partial charge in [0.1, 0.15) is 11.8 Å². The fourth-order valence-electron chi connectivity index (χ4n) is 5.68. The van der Waals surface area contributed by atoms with Crippen LogP contribution < -0.4 is 0 Å². The highest BCUT2D eigenvalue weighted by molar-refractivity contribution is 5.72. The molecule has 0 aromatic carbocycles. The quantitative estimate of drug-likeness (QED) is 0.407. The van der Waals surface area contributed by atoms with Gasteiger partial charge in [0.25, 0.3) is 0 Å². The molecule has 3 aliphatic rings. The van der Waals surface area contributed by atoms with Crippen molar-refractivity contribution in [3.8, 4) is 0 Å². The normalized spacial score (nSPS) is 30.4. The number of likely N-dealkylation sites (tertiary alicyclic amines) is 2. The van der Waals surface area contributed by atoms with Gasteiger partial charge in [-0.15, -0.1) is 0 Å². The zero-order valence-corrected chi connectivity index (χ0v) is 23.2. The van der Waals surface area contributed by atoms with Gasteiger partial charge in [0.2, 0.25) is 0 Å². The van der Waals surface area contributed by atoms with E-state index in [2.05, 4.69) is 4.90 Å². The fraction of sp³-hybridized carbons (Fsp3) is 0.926. The predicted molar refractivity (Wildman–Crippen MR) is 136 cm³/mol. The molecule has 2 aliphatic heterocycles. The number of nitrogens with zero attached hydrogens (tertiary/aromatic N) is 2. The summed E-state index contributed by atoms with van der Waals surface area (Å²) in [7, 11) is 0. The highest BCUT2D eigenvalue weighted by atomic mass is 16.6. The van der Waals surface area contributed by atoms with Gasteiger partial charge in [-0.3, -0.25) is 9.69 Å². The minimum atomic E-state index is -0.556. The molecule has 0 aromatic rings. The van der Waals surface area contributed by atoms with E-state index in [9.17, 15) is 9.59 Å². The third-order valence-electron chi connectivity index (χ3n) is 7.25. The van der Waals surface area contributed by atoms with Gasteiger partial charge in [-0.2, -0.15) is 0 Å². The summed E-state index contributed by atoms with van der Waals surface area (Å²) in [5.41, 5.74) is -0.556. The maximum atomic E-state index is 13.1. The molecular formula is C27H48N2O7. The smallest absolute Gasteiger partial charge is 0.410 e. The first-order valence-electron chi connectivity index (χ1n) is 14.0. The lowest BCUT2D eigenvalue weighted by molar-refractivity contribution is -0.156. The van der Waals surface area contributed by atoms with E-state index in [0.29, 0.717) is 39.5 Å². The highest BCUT2D eigenvalue weighted by Gasteiger charge is 2.46. The minimum Gasteiger partial charge on any atom is -0.466 e. The molecule has 4 atom stereocenters. The van der Waals surface area contributed by atoms with Gasteiger partial charge in [0.05, 0.1) is 36.9 Å².